The molecule has 18 heavy (non-hydrogen) atoms. The van der Waals surface area contributed by atoms with Gasteiger partial charge in [-0.3, -0.25) is 0 Å². The van der Waals surface area contributed by atoms with Gasteiger partial charge in [-0.05, 0) is 30.7 Å². The lowest BCUT2D eigenvalue weighted by Gasteiger charge is -2.12. The number of ether oxygens (including phenoxy) is 1. The zero-order valence-electron chi connectivity index (χ0n) is 9.65. The van der Waals surface area contributed by atoms with Gasteiger partial charge in [0.25, 0.3) is 0 Å². The summed E-state index contributed by atoms with van der Waals surface area (Å²) in [6.45, 7) is 1.98. The minimum Gasteiger partial charge on any atom is -0.467 e. The largest absolute Gasteiger partial charge is 0.467 e. The van der Waals surface area contributed by atoms with Gasteiger partial charge in [-0.1, -0.05) is 11.6 Å². The molecule has 0 saturated heterocycles. The summed E-state index contributed by atoms with van der Waals surface area (Å²) >= 11 is 13.1. The zero-order chi connectivity index (χ0) is 13.1. The van der Waals surface area contributed by atoms with Crippen LogP contribution < -0.4 is 10.1 Å². The fourth-order valence-electron chi connectivity index (χ4n) is 1.31. The summed E-state index contributed by atoms with van der Waals surface area (Å²) in [7, 11) is 1.47. The Morgan fingerprint density at radius 2 is 2.06 bits per heavy atom. The van der Waals surface area contributed by atoms with Gasteiger partial charge in [0, 0.05) is 4.88 Å². The van der Waals surface area contributed by atoms with Crippen molar-refractivity contribution in [2.24, 2.45) is 0 Å². The van der Waals surface area contributed by atoms with E-state index >= 15 is 0 Å². The highest BCUT2D eigenvalue weighted by Gasteiger charge is 2.11. The van der Waals surface area contributed by atoms with E-state index in [1.807, 2.05) is 19.1 Å². The van der Waals surface area contributed by atoms with Gasteiger partial charge in [0.1, 0.15) is 0 Å². The Morgan fingerprint density at radius 1 is 1.28 bits per heavy atom. The summed E-state index contributed by atoms with van der Waals surface area (Å²) in [5.74, 6) is 0.365. The first-order valence-corrected chi connectivity index (χ1v) is 6.63. The molecule has 0 aliphatic rings. The summed E-state index contributed by atoms with van der Waals surface area (Å²) in [5.41, 5.74) is 0. The van der Waals surface area contributed by atoms with Gasteiger partial charge >= 0.3 is 6.01 Å². The lowest BCUT2D eigenvalue weighted by molar-refractivity contribution is 0.378. The van der Waals surface area contributed by atoms with Crippen LogP contribution in [0.3, 0.4) is 0 Å². The number of hydrogen-bond acceptors (Lipinski definition) is 6. The van der Waals surface area contributed by atoms with Crippen molar-refractivity contribution in [3.05, 3.63) is 26.6 Å². The minimum absolute atomic E-state index is 0.0191. The summed E-state index contributed by atoms with van der Waals surface area (Å²) in [6, 6.07) is 3.99. The summed E-state index contributed by atoms with van der Waals surface area (Å²) in [6.07, 6.45) is 0. The molecule has 0 spiro atoms. The van der Waals surface area contributed by atoms with Gasteiger partial charge in [0.2, 0.25) is 11.2 Å². The van der Waals surface area contributed by atoms with E-state index in [2.05, 4.69) is 20.3 Å². The molecule has 2 aromatic rings. The minimum atomic E-state index is 0.0191. The molecule has 1 atom stereocenters. The Labute approximate surface area is 118 Å². The second-order valence-corrected chi connectivity index (χ2v) is 5.51. The van der Waals surface area contributed by atoms with Crippen LogP contribution in [0, 0.1) is 0 Å². The van der Waals surface area contributed by atoms with Crippen molar-refractivity contribution in [3.63, 3.8) is 0 Å². The monoisotopic (exact) mass is 304 g/mol. The Bertz CT molecular complexity index is 548. The molecule has 0 saturated carbocycles. The number of halogens is 2. The standard InChI is InChI=1S/C10H10Cl2N4OS/c1-5(6-3-4-7(11)18-6)13-9-14-8(12)15-10(16-9)17-2/h3-5H,1-2H3,(H,13,14,15,16). The predicted molar refractivity (Wildman–Crippen MR) is 72.8 cm³/mol. The van der Waals surface area contributed by atoms with Crippen LogP contribution >= 0.6 is 34.5 Å². The summed E-state index contributed by atoms with van der Waals surface area (Å²) in [4.78, 5) is 12.9. The third kappa shape index (κ3) is 3.22. The number of aromatic nitrogens is 3. The van der Waals surface area contributed by atoms with Crippen LogP contribution in [0.4, 0.5) is 5.95 Å². The first kappa shape index (κ1) is 13.3. The van der Waals surface area contributed by atoms with Crippen molar-refractivity contribution < 1.29 is 4.74 Å². The maximum absolute atomic E-state index is 5.89. The SMILES string of the molecule is COc1nc(Cl)nc(NC(C)c2ccc(Cl)s2)n1. The smallest absolute Gasteiger partial charge is 0.322 e. The molecular weight excluding hydrogens is 295 g/mol. The lowest BCUT2D eigenvalue weighted by Crippen LogP contribution is -2.09. The maximum Gasteiger partial charge on any atom is 0.322 e. The number of methoxy groups -OCH3 is 1. The summed E-state index contributed by atoms with van der Waals surface area (Å²) < 4.78 is 5.66. The molecule has 0 aliphatic heterocycles. The second-order valence-electron chi connectivity index (χ2n) is 3.42. The topological polar surface area (TPSA) is 59.9 Å². The number of nitrogens with zero attached hydrogens (tertiary/aromatic N) is 3. The molecule has 5 nitrogen and oxygen atoms in total. The third-order valence-electron chi connectivity index (χ3n) is 2.14. The average Bonchev–Trinajstić information content (AvgIpc) is 2.75. The fourth-order valence-corrected chi connectivity index (χ4v) is 2.53. The number of thiophene rings is 1. The molecule has 0 aliphatic carbocycles. The molecule has 0 amide bonds. The first-order valence-electron chi connectivity index (χ1n) is 5.06. The zero-order valence-corrected chi connectivity index (χ0v) is 12.0. The van der Waals surface area contributed by atoms with Gasteiger partial charge in [-0.25, -0.2) is 0 Å². The van der Waals surface area contributed by atoms with Crippen LogP contribution in [-0.4, -0.2) is 22.1 Å². The average molecular weight is 305 g/mol. The molecule has 0 fully saturated rings. The van der Waals surface area contributed by atoms with Gasteiger partial charge in [0.05, 0.1) is 17.5 Å². The van der Waals surface area contributed by atoms with E-state index in [1.165, 1.54) is 18.4 Å². The van der Waals surface area contributed by atoms with Crippen LogP contribution in [0.15, 0.2) is 12.1 Å². The van der Waals surface area contributed by atoms with Gasteiger partial charge in [0.15, 0.2) is 0 Å². The van der Waals surface area contributed by atoms with Crippen molar-refractivity contribution in [3.8, 4) is 6.01 Å². The van der Waals surface area contributed by atoms with E-state index in [0.717, 1.165) is 9.21 Å². The van der Waals surface area contributed by atoms with Crippen molar-refractivity contribution in [1.29, 1.82) is 0 Å². The van der Waals surface area contributed by atoms with Crippen LogP contribution in [0.2, 0.25) is 9.62 Å². The van der Waals surface area contributed by atoms with Crippen LogP contribution in [0.5, 0.6) is 6.01 Å². The Morgan fingerprint density at radius 3 is 2.67 bits per heavy atom. The van der Waals surface area contributed by atoms with Gasteiger partial charge < -0.3 is 10.1 Å². The van der Waals surface area contributed by atoms with Crippen molar-refractivity contribution in [1.82, 2.24) is 15.0 Å². The highest BCUT2D eigenvalue weighted by atomic mass is 35.5. The van der Waals surface area contributed by atoms with Crippen LogP contribution in [0.25, 0.3) is 0 Å². The molecule has 2 aromatic heterocycles. The molecular formula is C10H10Cl2N4OS. The maximum atomic E-state index is 5.89. The molecule has 2 heterocycles. The normalized spacial score (nSPS) is 12.2. The van der Waals surface area contributed by atoms with E-state index in [1.54, 1.807) is 0 Å². The molecule has 2 rings (SSSR count). The van der Waals surface area contributed by atoms with E-state index in [0.29, 0.717) is 5.95 Å². The van der Waals surface area contributed by atoms with Crippen molar-refractivity contribution in [2.75, 3.05) is 12.4 Å². The molecule has 8 heteroatoms. The molecule has 96 valence electrons. The number of anilines is 1. The molecule has 1 N–H and O–H groups in total. The van der Waals surface area contributed by atoms with E-state index in [-0.39, 0.29) is 17.3 Å². The summed E-state index contributed by atoms with van der Waals surface area (Å²) in [5, 5.41) is 3.20. The number of hydrogen-bond donors (Lipinski definition) is 1. The van der Waals surface area contributed by atoms with E-state index in [9.17, 15) is 0 Å². The lowest BCUT2D eigenvalue weighted by atomic mass is 10.3. The Kier molecular flexibility index (Phi) is 4.21. The highest BCUT2D eigenvalue weighted by Crippen LogP contribution is 2.28. The first-order chi connectivity index (χ1) is 8.58. The number of nitrogens with one attached hydrogen (secondary N) is 1. The van der Waals surface area contributed by atoms with Gasteiger partial charge in [-0.15, -0.1) is 11.3 Å². The molecule has 1 unspecified atom stereocenters. The van der Waals surface area contributed by atoms with Crippen molar-refractivity contribution >= 4 is 40.5 Å². The quantitative estimate of drug-likeness (QED) is 0.938. The third-order valence-corrected chi connectivity index (χ3v) is 3.72. The molecule has 0 aromatic carbocycles. The molecule has 0 bridgehead atoms. The fraction of sp³-hybridized carbons (Fsp3) is 0.300. The highest BCUT2D eigenvalue weighted by molar-refractivity contribution is 7.16. The van der Waals surface area contributed by atoms with Crippen molar-refractivity contribution in [2.45, 2.75) is 13.0 Å². The van der Waals surface area contributed by atoms with Crippen LogP contribution in [0.1, 0.15) is 17.8 Å². The van der Waals surface area contributed by atoms with E-state index < -0.39 is 0 Å². The van der Waals surface area contributed by atoms with Crippen LogP contribution in [-0.2, 0) is 0 Å². The second kappa shape index (κ2) is 5.69. The predicted octanol–water partition coefficient (Wildman–Crippen LogP) is 3.42. The van der Waals surface area contributed by atoms with E-state index in [4.69, 9.17) is 27.9 Å². The van der Waals surface area contributed by atoms with Gasteiger partial charge in [-0.2, -0.15) is 15.0 Å². The Hall–Kier alpha value is -1.11. The molecule has 0 radical (unpaired) electrons. The Balaban J connectivity index is 2.16. The number of rotatable bonds is 4.